The fourth-order valence-electron chi connectivity index (χ4n) is 3.15. The summed E-state index contributed by atoms with van der Waals surface area (Å²) < 4.78 is 5.28. The maximum atomic E-state index is 5.60. The Balaban J connectivity index is 1.83. The number of ether oxygens (including phenoxy) is 1. The van der Waals surface area contributed by atoms with Gasteiger partial charge in [0.05, 0.1) is 13.2 Å². The molecule has 0 fully saturated rings. The van der Waals surface area contributed by atoms with Gasteiger partial charge >= 0.3 is 0 Å². The zero-order valence-corrected chi connectivity index (χ0v) is 16.6. The predicted octanol–water partition coefficient (Wildman–Crippen LogP) is 5.39. The molecule has 0 aliphatic carbocycles. The lowest BCUT2D eigenvalue weighted by Gasteiger charge is -2.22. The summed E-state index contributed by atoms with van der Waals surface area (Å²) in [7, 11) is 1.67. The van der Waals surface area contributed by atoms with Crippen molar-refractivity contribution in [3.05, 3.63) is 95.1 Å². The highest BCUT2D eigenvalue weighted by molar-refractivity contribution is 7.80. The number of hydrogen-bond donors (Lipinski definition) is 2. The zero-order chi connectivity index (χ0) is 19.2. The fraction of sp³-hybridized carbons (Fsp3) is 0.174. The summed E-state index contributed by atoms with van der Waals surface area (Å²) in [6.45, 7) is 4.16. The van der Waals surface area contributed by atoms with Crippen molar-refractivity contribution < 1.29 is 4.74 Å². The van der Waals surface area contributed by atoms with Crippen LogP contribution in [-0.2, 0) is 0 Å². The Morgan fingerprint density at radius 3 is 2.04 bits per heavy atom. The first-order chi connectivity index (χ1) is 13.0. The topological polar surface area (TPSA) is 33.3 Å². The molecule has 0 heterocycles. The van der Waals surface area contributed by atoms with Crippen LogP contribution in [0, 0.1) is 13.8 Å². The van der Waals surface area contributed by atoms with Crippen LogP contribution in [-0.4, -0.2) is 12.2 Å². The van der Waals surface area contributed by atoms with Crippen LogP contribution in [0.3, 0.4) is 0 Å². The fourth-order valence-corrected chi connectivity index (χ4v) is 3.38. The second kappa shape index (κ2) is 8.69. The number of thiocarbonyl (C=S) groups is 1. The number of hydrogen-bond acceptors (Lipinski definition) is 2. The Labute approximate surface area is 166 Å². The summed E-state index contributed by atoms with van der Waals surface area (Å²) in [5, 5.41) is 7.35. The quantitative estimate of drug-likeness (QED) is 0.585. The van der Waals surface area contributed by atoms with Crippen molar-refractivity contribution >= 4 is 23.0 Å². The first-order valence-electron chi connectivity index (χ1n) is 8.90. The summed E-state index contributed by atoms with van der Waals surface area (Å²) in [4.78, 5) is 0. The number of benzene rings is 3. The lowest BCUT2D eigenvalue weighted by molar-refractivity contribution is 0.414. The standard InChI is InChI=1S/C23H24N2OS/c1-16-13-17(2)15-20(14-16)24-23(27)25-22(18-7-5-4-6-8-18)19-9-11-21(26-3)12-10-19/h4-15,22H,1-3H3,(H2,24,25,27)/t22-/m1/s1. The van der Waals surface area contributed by atoms with E-state index in [4.69, 9.17) is 17.0 Å². The van der Waals surface area contributed by atoms with Crippen LogP contribution in [0.25, 0.3) is 0 Å². The summed E-state index contributed by atoms with van der Waals surface area (Å²) in [5.74, 6) is 0.835. The second-order valence-corrected chi connectivity index (χ2v) is 7.00. The van der Waals surface area contributed by atoms with E-state index in [0.717, 1.165) is 22.6 Å². The predicted molar refractivity (Wildman–Crippen MR) is 117 cm³/mol. The third kappa shape index (κ3) is 5.08. The van der Waals surface area contributed by atoms with Crippen molar-refractivity contribution in [1.29, 1.82) is 0 Å². The average molecular weight is 377 g/mol. The van der Waals surface area contributed by atoms with Gasteiger partial charge in [0.2, 0.25) is 0 Å². The monoisotopic (exact) mass is 376 g/mol. The molecule has 0 unspecified atom stereocenters. The summed E-state index contributed by atoms with van der Waals surface area (Å²) in [6.07, 6.45) is 0. The van der Waals surface area contributed by atoms with Gasteiger partial charge in [-0.05, 0) is 72.6 Å². The van der Waals surface area contributed by atoms with Gasteiger partial charge in [-0.25, -0.2) is 0 Å². The van der Waals surface area contributed by atoms with Gasteiger partial charge in [0.25, 0.3) is 0 Å². The van der Waals surface area contributed by atoms with Crippen molar-refractivity contribution in [2.24, 2.45) is 0 Å². The first-order valence-corrected chi connectivity index (χ1v) is 9.30. The van der Waals surface area contributed by atoms with E-state index in [0.29, 0.717) is 5.11 Å². The van der Waals surface area contributed by atoms with Crippen molar-refractivity contribution in [2.45, 2.75) is 19.9 Å². The summed E-state index contributed by atoms with van der Waals surface area (Å²) in [5.41, 5.74) is 5.66. The number of methoxy groups -OCH3 is 1. The molecule has 0 radical (unpaired) electrons. The largest absolute Gasteiger partial charge is 0.497 e. The van der Waals surface area contributed by atoms with Gasteiger partial charge in [-0.1, -0.05) is 48.5 Å². The van der Waals surface area contributed by atoms with Gasteiger partial charge in [-0.15, -0.1) is 0 Å². The van der Waals surface area contributed by atoms with E-state index >= 15 is 0 Å². The van der Waals surface area contributed by atoms with E-state index < -0.39 is 0 Å². The lowest BCUT2D eigenvalue weighted by atomic mass is 9.99. The van der Waals surface area contributed by atoms with Crippen LogP contribution >= 0.6 is 12.2 Å². The van der Waals surface area contributed by atoms with Gasteiger partial charge in [-0.2, -0.15) is 0 Å². The maximum absolute atomic E-state index is 5.60. The Kier molecular flexibility index (Phi) is 6.09. The highest BCUT2D eigenvalue weighted by Gasteiger charge is 2.15. The molecule has 0 aliphatic heterocycles. The van der Waals surface area contributed by atoms with Crippen LogP contribution < -0.4 is 15.4 Å². The molecule has 3 aromatic rings. The smallest absolute Gasteiger partial charge is 0.171 e. The van der Waals surface area contributed by atoms with Gasteiger partial charge in [0, 0.05) is 5.69 Å². The van der Waals surface area contributed by atoms with E-state index in [1.807, 2.05) is 30.3 Å². The minimum absolute atomic E-state index is 0.0528. The molecule has 4 heteroatoms. The molecule has 0 aliphatic rings. The van der Waals surface area contributed by atoms with Gasteiger partial charge in [-0.3, -0.25) is 0 Å². The summed E-state index contributed by atoms with van der Waals surface area (Å²) in [6, 6.07) is 24.6. The van der Waals surface area contributed by atoms with Crippen LogP contribution in [0.2, 0.25) is 0 Å². The highest BCUT2D eigenvalue weighted by Crippen LogP contribution is 2.24. The molecule has 27 heavy (non-hydrogen) atoms. The van der Waals surface area contributed by atoms with Crippen molar-refractivity contribution in [3.63, 3.8) is 0 Å². The Bertz CT molecular complexity index is 887. The number of nitrogens with one attached hydrogen (secondary N) is 2. The summed E-state index contributed by atoms with van der Waals surface area (Å²) >= 11 is 5.60. The van der Waals surface area contributed by atoms with Crippen LogP contribution in [0.5, 0.6) is 5.75 Å². The third-order valence-electron chi connectivity index (χ3n) is 4.34. The van der Waals surface area contributed by atoms with E-state index in [1.54, 1.807) is 7.11 Å². The van der Waals surface area contributed by atoms with Crippen LogP contribution in [0.1, 0.15) is 28.3 Å². The molecular weight excluding hydrogens is 352 g/mol. The maximum Gasteiger partial charge on any atom is 0.171 e. The van der Waals surface area contributed by atoms with Gasteiger partial charge < -0.3 is 15.4 Å². The second-order valence-electron chi connectivity index (χ2n) is 6.59. The molecule has 2 N–H and O–H groups in total. The van der Waals surface area contributed by atoms with Crippen molar-refractivity contribution in [1.82, 2.24) is 5.32 Å². The molecule has 0 aromatic heterocycles. The molecule has 0 amide bonds. The molecule has 0 bridgehead atoms. The van der Waals surface area contributed by atoms with Gasteiger partial charge in [0.1, 0.15) is 5.75 Å². The van der Waals surface area contributed by atoms with E-state index in [2.05, 4.69) is 66.9 Å². The normalized spacial score (nSPS) is 11.5. The third-order valence-corrected chi connectivity index (χ3v) is 4.56. The van der Waals surface area contributed by atoms with Crippen LogP contribution in [0.15, 0.2) is 72.8 Å². The molecule has 0 saturated carbocycles. The van der Waals surface area contributed by atoms with Gasteiger partial charge in [0.15, 0.2) is 5.11 Å². The van der Waals surface area contributed by atoms with E-state index in [1.165, 1.54) is 11.1 Å². The molecule has 138 valence electrons. The number of aryl methyl sites for hydroxylation is 2. The highest BCUT2D eigenvalue weighted by atomic mass is 32.1. The molecule has 3 nitrogen and oxygen atoms in total. The van der Waals surface area contributed by atoms with E-state index in [-0.39, 0.29) is 6.04 Å². The Morgan fingerprint density at radius 2 is 1.44 bits per heavy atom. The number of rotatable bonds is 5. The first kappa shape index (κ1) is 18.9. The van der Waals surface area contributed by atoms with Crippen molar-refractivity contribution in [2.75, 3.05) is 12.4 Å². The number of anilines is 1. The minimum Gasteiger partial charge on any atom is -0.497 e. The molecule has 3 rings (SSSR count). The molecule has 3 aromatic carbocycles. The molecular formula is C23H24N2OS. The molecule has 0 spiro atoms. The molecule has 0 saturated heterocycles. The van der Waals surface area contributed by atoms with Crippen molar-refractivity contribution in [3.8, 4) is 5.75 Å². The van der Waals surface area contributed by atoms with E-state index in [9.17, 15) is 0 Å². The Hall–Kier alpha value is -2.85. The molecule has 1 atom stereocenters. The lowest BCUT2D eigenvalue weighted by Crippen LogP contribution is -2.33. The SMILES string of the molecule is COc1ccc([C@H](NC(=S)Nc2cc(C)cc(C)c2)c2ccccc2)cc1. The Morgan fingerprint density at radius 1 is 0.852 bits per heavy atom. The van der Waals surface area contributed by atoms with Crippen LogP contribution in [0.4, 0.5) is 5.69 Å². The minimum atomic E-state index is -0.0528. The average Bonchev–Trinajstić information content (AvgIpc) is 2.66. The zero-order valence-electron chi connectivity index (χ0n) is 15.8.